The molecule has 7 heteroatoms. The largest absolute Gasteiger partial charge is 0.497 e. The van der Waals surface area contributed by atoms with E-state index < -0.39 is 0 Å². The van der Waals surface area contributed by atoms with Crippen LogP contribution in [-0.4, -0.2) is 36.4 Å². The number of ether oxygens (including phenoxy) is 2. The number of benzene rings is 2. The third kappa shape index (κ3) is 3.06. The summed E-state index contributed by atoms with van der Waals surface area (Å²) in [6, 6.07) is 14.1. The normalized spacial score (nSPS) is 31.4. The highest BCUT2D eigenvalue weighted by atomic mass is 16.5. The molecule has 2 amide bonds. The van der Waals surface area contributed by atoms with Crippen LogP contribution in [0.3, 0.4) is 0 Å². The van der Waals surface area contributed by atoms with Crippen LogP contribution in [0.1, 0.15) is 12.0 Å². The van der Waals surface area contributed by atoms with Crippen molar-refractivity contribution in [2.24, 2.45) is 40.7 Å². The van der Waals surface area contributed by atoms with Gasteiger partial charge in [-0.25, -0.2) is 0 Å². The zero-order chi connectivity index (χ0) is 22.7. The van der Waals surface area contributed by atoms with Crippen LogP contribution < -0.4 is 14.4 Å². The van der Waals surface area contributed by atoms with E-state index in [-0.39, 0.29) is 42.1 Å². The Kier molecular flexibility index (Phi) is 4.54. The minimum atomic E-state index is -0.208. The van der Waals surface area contributed by atoms with Crippen molar-refractivity contribution in [1.82, 2.24) is 0 Å². The summed E-state index contributed by atoms with van der Waals surface area (Å²) >= 11 is 0. The van der Waals surface area contributed by atoms with Crippen molar-refractivity contribution >= 4 is 23.2 Å². The van der Waals surface area contributed by atoms with Gasteiger partial charge >= 0.3 is 0 Å². The molecule has 7 nitrogen and oxygen atoms in total. The minimum Gasteiger partial charge on any atom is -0.497 e. The lowest BCUT2D eigenvalue weighted by Gasteiger charge is -2.37. The van der Waals surface area contributed by atoms with E-state index in [1.165, 1.54) is 4.90 Å². The third-order valence-electron chi connectivity index (χ3n) is 7.68. The van der Waals surface area contributed by atoms with E-state index in [0.717, 1.165) is 6.42 Å². The fourth-order valence-corrected chi connectivity index (χ4v) is 6.01. The highest BCUT2D eigenvalue weighted by Crippen LogP contribution is 2.65. The molecule has 1 N–H and O–H groups in total. The van der Waals surface area contributed by atoms with Gasteiger partial charge in [0.15, 0.2) is 0 Å². The fourth-order valence-electron chi connectivity index (χ4n) is 6.01. The molecule has 7 rings (SSSR count). The highest BCUT2D eigenvalue weighted by molar-refractivity contribution is 6.22. The van der Waals surface area contributed by atoms with E-state index in [1.807, 2.05) is 0 Å². The quantitative estimate of drug-likeness (QED) is 0.242. The Morgan fingerprint density at radius 2 is 1.52 bits per heavy atom. The van der Waals surface area contributed by atoms with E-state index in [0.29, 0.717) is 40.3 Å². The monoisotopic (exact) mass is 444 g/mol. The second kappa shape index (κ2) is 7.47. The molecule has 2 aromatic carbocycles. The maximum absolute atomic E-state index is 13.2. The number of carbonyl (C=O) groups excluding carboxylic acids is 2. The van der Waals surface area contributed by atoms with Gasteiger partial charge < -0.3 is 14.7 Å². The number of allylic oxidation sites excluding steroid dienone is 2. The molecular weight excluding hydrogens is 420 g/mol. The average Bonchev–Trinajstić information content (AvgIpc) is 3.63. The number of hydrogen-bond acceptors (Lipinski definition) is 6. The third-order valence-corrected chi connectivity index (χ3v) is 7.68. The minimum absolute atomic E-state index is 0.0612. The molecule has 6 atom stereocenters. The summed E-state index contributed by atoms with van der Waals surface area (Å²) in [5.41, 5.74) is 1.66. The van der Waals surface area contributed by atoms with Crippen molar-refractivity contribution in [2.75, 3.05) is 18.6 Å². The zero-order valence-corrected chi connectivity index (χ0v) is 18.1. The summed E-state index contributed by atoms with van der Waals surface area (Å²) in [6.07, 6.45) is 5.50. The molecule has 0 aromatic heterocycles. The van der Waals surface area contributed by atoms with E-state index >= 15 is 0 Å². The molecule has 2 aromatic rings. The molecule has 3 fully saturated rings. The van der Waals surface area contributed by atoms with E-state index in [1.54, 1.807) is 55.6 Å². The molecule has 1 heterocycles. The maximum Gasteiger partial charge on any atom is 0.238 e. The van der Waals surface area contributed by atoms with Gasteiger partial charge in [-0.1, -0.05) is 17.3 Å². The number of hydrogen-bond donors (Lipinski definition) is 1. The van der Waals surface area contributed by atoms with Crippen LogP contribution in [0, 0.1) is 35.5 Å². The topological polar surface area (TPSA) is 88.4 Å². The Morgan fingerprint density at radius 1 is 0.939 bits per heavy atom. The van der Waals surface area contributed by atoms with Crippen molar-refractivity contribution in [1.29, 1.82) is 0 Å². The summed E-state index contributed by atoms with van der Waals surface area (Å²) in [6.45, 7) is 0.0612. The van der Waals surface area contributed by atoms with Gasteiger partial charge in [-0.2, -0.15) is 0 Å². The van der Waals surface area contributed by atoms with Gasteiger partial charge in [0.05, 0.1) is 24.6 Å². The van der Waals surface area contributed by atoms with Gasteiger partial charge in [0, 0.05) is 5.56 Å². The van der Waals surface area contributed by atoms with Crippen LogP contribution in [0.2, 0.25) is 0 Å². The summed E-state index contributed by atoms with van der Waals surface area (Å²) in [5.74, 6) is 2.29. The predicted molar refractivity (Wildman–Crippen MR) is 120 cm³/mol. The molecule has 4 aliphatic carbocycles. The highest BCUT2D eigenvalue weighted by Gasteiger charge is 2.67. The summed E-state index contributed by atoms with van der Waals surface area (Å²) in [4.78, 5) is 27.8. The van der Waals surface area contributed by atoms with Gasteiger partial charge in [-0.15, -0.1) is 0 Å². The number of anilines is 1. The van der Waals surface area contributed by atoms with Gasteiger partial charge in [0.1, 0.15) is 23.8 Å². The molecule has 33 heavy (non-hydrogen) atoms. The zero-order valence-electron chi connectivity index (χ0n) is 18.1. The van der Waals surface area contributed by atoms with Gasteiger partial charge in [-0.3, -0.25) is 14.5 Å². The van der Waals surface area contributed by atoms with Crippen LogP contribution in [0.25, 0.3) is 0 Å². The van der Waals surface area contributed by atoms with Crippen molar-refractivity contribution in [3.05, 3.63) is 66.2 Å². The van der Waals surface area contributed by atoms with Gasteiger partial charge in [0.2, 0.25) is 11.8 Å². The smallest absolute Gasteiger partial charge is 0.238 e. The summed E-state index contributed by atoms with van der Waals surface area (Å²) < 4.78 is 10.9. The predicted octanol–water partition coefficient (Wildman–Crippen LogP) is 3.51. The van der Waals surface area contributed by atoms with Crippen molar-refractivity contribution < 1.29 is 24.3 Å². The van der Waals surface area contributed by atoms with E-state index in [4.69, 9.17) is 9.47 Å². The van der Waals surface area contributed by atoms with Gasteiger partial charge in [0.25, 0.3) is 0 Å². The molecule has 2 saturated carbocycles. The molecule has 1 aliphatic heterocycles. The standard InChI is InChI=1S/C26H24N2O5/c1-32-16-6-2-14(3-7-16)22(27-31)13-33-17-8-4-15(5-9-17)28-25(29)23-18-10-11-19(21-12-20(18)21)24(23)26(28)30/h2-11,18-21,23-24,31H,12-13H2,1H3/b27-22-/t18-,19+,20+,21-,23-,24+. The molecule has 0 unspecified atom stereocenters. The first-order valence-corrected chi connectivity index (χ1v) is 11.2. The lowest BCUT2D eigenvalue weighted by molar-refractivity contribution is -0.124. The first kappa shape index (κ1) is 20.0. The van der Waals surface area contributed by atoms with Crippen molar-refractivity contribution in [3.8, 4) is 11.5 Å². The van der Waals surface area contributed by atoms with E-state index in [2.05, 4.69) is 17.3 Å². The Balaban J connectivity index is 1.15. The number of amides is 2. The SMILES string of the molecule is COc1ccc(/C(COc2ccc(N3C(=O)[C@@H]4[C@@H]5C=C[C@@H]([C@H]6C[C@@H]56)[C@@H]4C3=O)cc2)=N\O)cc1. The number of rotatable bonds is 6. The summed E-state index contributed by atoms with van der Waals surface area (Å²) in [7, 11) is 1.59. The first-order chi connectivity index (χ1) is 16.1. The molecular formula is C26H24N2O5. The van der Waals surface area contributed by atoms with Crippen LogP contribution in [0.5, 0.6) is 11.5 Å². The molecule has 0 spiro atoms. The Bertz CT molecular complexity index is 1130. The Hall–Kier alpha value is -3.61. The number of oxime groups is 1. The molecule has 168 valence electrons. The average molecular weight is 444 g/mol. The number of carbonyl (C=O) groups is 2. The second-order valence-electron chi connectivity index (χ2n) is 9.22. The molecule has 5 aliphatic rings. The van der Waals surface area contributed by atoms with Crippen LogP contribution in [0.4, 0.5) is 5.69 Å². The first-order valence-electron chi connectivity index (χ1n) is 11.2. The van der Waals surface area contributed by atoms with Crippen molar-refractivity contribution in [2.45, 2.75) is 6.42 Å². The summed E-state index contributed by atoms with van der Waals surface area (Å²) in [5, 5.41) is 12.7. The second-order valence-corrected chi connectivity index (χ2v) is 9.22. The van der Waals surface area contributed by atoms with Crippen LogP contribution in [-0.2, 0) is 9.59 Å². The number of imide groups is 1. The van der Waals surface area contributed by atoms with Crippen molar-refractivity contribution in [3.63, 3.8) is 0 Å². The molecule has 1 saturated heterocycles. The number of nitrogens with zero attached hydrogens (tertiary/aromatic N) is 2. The van der Waals surface area contributed by atoms with Crippen LogP contribution >= 0.6 is 0 Å². The molecule has 0 radical (unpaired) electrons. The maximum atomic E-state index is 13.2. The number of methoxy groups -OCH3 is 1. The van der Waals surface area contributed by atoms with Crippen LogP contribution in [0.15, 0.2) is 65.8 Å². The lowest BCUT2D eigenvalue weighted by Crippen LogP contribution is -2.40. The Morgan fingerprint density at radius 3 is 2.06 bits per heavy atom. The fraction of sp³-hybridized carbons (Fsp3) is 0.346. The lowest BCUT2D eigenvalue weighted by atomic mass is 9.63. The Labute approximate surface area is 191 Å². The van der Waals surface area contributed by atoms with Gasteiger partial charge in [-0.05, 0) is 78.6 Å². The molecule has 2 bridgehead atoms. The van der Waals surface area contributed by atoms with E-state index in [9.17, 15) is 14.8 Å².